The standard InChI is InChI=1S/C15H23NO3/c1-11-4-6-13(19-11)10-16-9-12-5-7-14(17-2)15(8-12)18-3/h5,7-8,11,13,16H,4,6,9-10H2,1-3H3. The van der Waals surface area contributed by atoms with Crippen molar-refractivity contribution in [2.45, 2.75) is 38.5 Å². The van der Waals surface area contributed by atoms with Gasteiger partial charge in [-0.05, 0) is 37.5 Å². The third-order valence-electron chi connectivity index (χ3n) is 3.47. The predicted octanol–water partition coefficient (Wildman–Crippen LogP) is 2.36. The molecule has 0 amide bonds. The second-order valence-electron chi connectivity index (χ2n) is 4.97. The van der Waals surface area contributed by atoms with Crippen LogP contribution in [0.3, 0.4) is 0 Å². The van der Waals surface area contributed by atoms with Crippen LogP contribution >= 0.6 is 0 Å². The molecular weight excluding hydrogens is 242 g/mol. The van der Waals surface area contributed by atoms with Gasteiger partial charge in [0, 0.05) is 13.1 Å². The zero-order valence-corrected chi connectivity index (χ0v) is 11.9. The van der Waals surface area contributed by atoms with Crippen molar-refractivity contribution in [3.8, 4) is 11.5 Å². The molecule has 1 heterocycles. The third kappa shape index (κ3) is 3.85. The highest BCUT2D eigenvalue weighted by Crippen LogP contribution is 2.27. The smallest absolute Gasteiger partial charge is 0.161 e. The van der Waals surface area contributed by atoms with Crippen LogP contribution in [0.15, 0.2) is 18.2 Å². The molecule has 0 radical (unpaired) electrons. The summed E-state index contributed by atoms with van der Waals surface area (Å²) in [4.78, 5) is 0. The van der Waals surface area contributed by atoms with Gasteiger partial charge < -0.3 is 19.5 Å². The lowest BCUT2D eigenvalue weighted by Crippen LogP contribution is -2.26. The quantitative estimate of drug-likeness (QED) is 0.857. The lowest BCUT2D eigenvalue weighted by Gasteiger charge is -2.13. The van der Waals surface area contributed by atoms with E-state index < -0.39 is 0 Å². The zero-order valence-electron chi connectivity index (χ0n) is 11.9. The molecular formula is C15H23NO3. The molecule has 4 heteroatoms. The van der Waals surface area contributed by atoms with Crippen molar-refractivity contribution in [1.82, 2.24) is 5.32 Å². The lowest BCUT2D eigenvalue weighted by molar-refractivity contribution is 0.0559. The minimum absolute atomic E-state index is 0.357. The fourth-order valence-corrected chi connectivity index (χ4v) is 2.40. The van der Waals surface area contributed by atoms with E-state index in [1.807, 2.05) is 18.2 Å². The molecule has 1 fully saturated rings. The summed E-state index contributed by atoms with van der Waals surface area (Å²) in [5.41, 5.74) is 1.18. The van der Waals surface area contributed by atoms with Crippen LogP contribution in [0.4, 0.5) is 0 Å². The number of benzene rings is 1. The van der Waals surface area contributed by atoms with E-state index in [2.05, 4.69) is 12.2 Å². The van der Waals surface area contributed by atoms with E-state index >= 15 is 0 Å². The van der Waals surface area contributed by atoms with Crippen molar-refractivity contribution < 1.29 is 14.2 Å². The van der Waals surface area contributed by atoms with Gasteiger partial charge in [0.1, 0.15) is 0 Å². The molecule has 1 aliphatic heterocycles. The van der Waals surface area contributed by atoms with E-state index in [1.165, 1.54) is 12.0 Å². The first-order chi connectivity index (χ1) is 9.22. The third-order valence-corrected chi connectivity index (χ3v) is 3.47. The van der Waals surface area contributed by atoms with Gasteiger partial charge in [0.05, 0.1) is 26.4 Å². The highest BCUT2D eigenvalue weighted by molar-refractivity contribution is 5.42. The molecule has 2 atom stereocenters. The van der Waals surface area contributed by atoms with Gasteiger partial charge in [-0.2, -0.15) is 0 Å². The summed E-state index contributed by atoms with van der Waals surface area (Å²) < 4.78 is 16.3. The van der Waals surface area contributed by atoms with E-state index in [9.17, 15) is 0 Å². The van der Waals surface area contributed by atoms with Gasteiger partial charge in [-0.1, -0.05) is 6.07 Å². The van der Waals surface area contributed by atoms with Crippen LogP contribution in [0.25, 0.3) is 0 Å². The minimum atomic E-state index is 0.357. The van der Waals surface area contributed by atoms with Crippen molar-refractivity contribution in [2.24, 2.45) is 0 Å². The Labute approximate surface area is 115 Å². The summed E-state index contributed by atoms with van der Waals surface area (Å²) >= 11 is 0. The molecule has 0 saturated carbocycles. The first kappa shape index (κ1) is 14.2. The van der Waals surface area contributed by atoms with Gasteiger partial charge in [-0.15, -0.1) is 0 Å². The molecule has 4 nitrogen and oxygen atoms in total. The van der Waals surface area contributed by atoms with Crippen LogP contribution in [-0.2, 0) is 11.3 Å². The van der Waals surface area contributed by atoms with E-state index in [0.29, 0.717) is 12.2 Å². The molecule has 1 aromatic carbocycles. The van der Waals surface area contributed by atoms with E-state index in [4.69, 9.17) is 14.2 Å². The van der Waals surface area contributed by atoms with Crippen molar-refractivity contribution in [3.05, 3.63) is 23.8 Å². The van der Waals surface area contributed by atoms with Crippen LogP contribution in [0.5, 0.6) is 11.5 Å². The van der Waals surface area contributed by atoms with Gasteiger partial charge in [0.25, 0.3) is 0 Å². The molecule has 19 heavy (non-hydrogen) atoms. The maximum atomic E-state index is 5.77. The minimum Gasteiger partial charge on any atom is -0.493 e. The molecule has 1 saturated heterocycles. The summed E-state index contributed by atoms with van der Waals surface area (Å²) in [6.07, 6.45) is 3.09. The van der Waals surface area contributed by atoms with Gasteiger partial charge >= 0.3 is 0 Å². The van der Waals surface area contributed by atoms with Crippen molar-refractivity contribution >= 4 is 0 Å². The van der Waals surface area contributed by atoms with Crippen LogP contribution in [0.2, 0.25) is 0 Å². The average Bonchev–Trinajstić information content (AvgIpc) is 2.84. The highest BCUT2D eigenvalue weighted by Gasteiger charge is 2.20. The van der Waals surface area contributed by atoms with E-state index in [0.717, 1.165) is 31.0 Å². The van der Waals surface area contributed by atoms with Crippen molar-refractivity contribution in [1.29, 1.82) is 0 Å². The summed E-state index contributed by atoms with van der Waals surface area (Å²) in [7, 11) is 3.30. The molecule has 2 rings (SSSR count). The fourth-order valence-electron chi connectivity index (χ4n) is 2.40. The summed E-state index contributed by atoms with van der Waals surface area (Å²) in [5.74, 6) is 1.53. The summed E-state index contributed by atoms with van der Waals surface area (Å²) in [6, 6.07) is 5.99. The maximum Gasteiger partial charge on any atom is 0.161 e. The SMILES string of the molecule is COc1ccc(CNCC2CCC(C)O2)cc1OC. The van der Waals surface area contributed by atoms with Crippen LogP contribution in [0, 0.1) is 0 Å². The predicted molar refractivity (Wildman–Crippen MR) is 74.8 cm³/mol. The second kappa shape index (κ2) is 6.78. The first-order valence-corrected chi connectivity index (χ1v) is 6.80. The second-order valence-corrected chi connectivity index (χ2v) is 4.97. The Morgan fingerprint density at radius 3 is 2.63 bits per heavy atom. The Morgan fingerprint density at radius 2 is 2.00 bits per heavy atom. The molecule has 1 N–H and O–H groups in total. The number of nitrogens with one attached hydrogen (secondary N) is 1. The first-order valence-electron chi connectivity index (χ1n) is 6.80. The Hall–Kier alpha value is -1.26. The normalized spacial score (nSPS) is 22.5. The van der Waals surface area contributed by atoms with Gasteiger partial charge in [-0.25, -0.2) is 0 Å². The molecule has 2 unspecified atom stereocenters. The topological polar surface area (TPSA) is 39.7 Å². The van der Waals surface area contributed by atoms with Gasteiger partial charge in [0.2, 0.25) is 0 Å². The van der Waals surface area contributed by atoms with E-state index in [1.54, 1.807) is 14.2 Å². The Balaban J connectivity index is 1.82. The van der Waals surface area contributed by atoms with Crippen LogP contribution < -0.4 is 14.8 Å². The molecule has 0 spiro atoms. The zero-order chi connectivity index (χ0) is 13.7. The largest absolute Gasteiger partial charge is 0.493 e. The molecule has 1 aliphatic rings. The number of ether oxygens (including phenoxy) is 3. The summed E-state index contributed by atoms with van der Waals surface area (Å²) in [6.45, 7) is 3.85. The highest BCUT2D eigenvalue weighted by atomic mass is 16.5. The number of methoxy groups -OCH3 is 2. The maximum absolute atomic E-state index is 5.77. The van der Waals surface area contributed by atoms with Crippen LogP contribution in [-0.4, -0.2) is 33.0 Å². The molecule has 0 aliphatic carbocycles. The Kier molecular flexibility index (Phi) is 5.05. The monoisotopic (exact) mass is 265 g/mol. The number of hydrogen-bond acceptors (Lipinski definition) is 4. The average molecular weight is 265 g/mol. The van der Waals surface area contributed by atoms with Crippen molar-refractivity contribution in [2.75, 3.05) is 20.8 Å². The fraction of sp³-hybridized carbons (Fsp3) is 0.600. The van der Waals surface area contributed by atoms with Crippen molar-refractivity contribution in [3.63, 3.8) is 0 Å². The van der Waals surface area contributed by atoms with Crippen LogP contribution in [0.1, 0.15) is 25.3 Å². The van der Waals surface area contributed by atoms with Gasteiger partial charge in [0.15, 0.2) is 11.5 Å². The lowest BCUT2D eigenvalue weighted by atomic mass is 10.2. The van der Waals surface area contributed by atoms with Gasteiger partial charge in [-0.3, -0.25) is 0 Å². The summed E-state index contributed by atoms with van der Waals surface area (Å²) in [5, 5.41) is 3.43. The Bertz CT molecular complexity index is 408. The molecule has 106 valence electrons. The number of hydrogen-bond donors (Lipinski definition) is 1. The molecule has 1 aromatic rings. The molecule has 0 bridgehead atoms. The molecule has 0 aromatic heterocycles. The van der Waals surface area contributed by atoms with E-state index in [-0.39, 0.29) is 0 Å². The Morgan fingerprint density at radius 1 is 1.21 bits per heavy atom. The number of rotatable bonds is 6.